The fourth-order valence-electron chi connectivity index (χ4n) is 3.54. The molecule has 0 spiro atoms. The summed E-state index contributed by atoms with van der Waals surface area (Å²) in [6.07, 6.45) is 3.09. The Bertz CT molecular complexity index is 1020. The zero-order valence-corrected chi connectivity index (χ0v) is 18.0. The number of aromatic nitrogens is 4. The molecule has 0 bridgehead atoms. The smallest absolute Gasteiger partial charge is 0.309 e. The number of piperidine rings is 1. The predicted molar refractivity (Wildman–Crippen MR) is 110 cm³/mol. The van der Waals surface area contributed by atoms with Gasteiger partial charge in [-0.2, -0.15) is 4.98 Å². The number of hydrogen-bond acceptors (Lipinski definition) is 9. The van der Waals surface area contributed by atoms with Crippen LogP contribution in [0.4, 0.5) is 5.82 Å². The average molecular weight is 416 g/mol. The first-order chi connectivity index (χ1) is 13.9. The minimum absolute atomic E-state index is 0.0265. The largest absolute Gasteiger partial charge is 0.455 e. The normalized spacial score (nSPS) is 15.4. The van der Waals surface area contributed by atoms with Gasteiger partial charge in [0.15, 0.2) is 12.4 Å². The molecule has 1 saturated heterocycles. The molecule has 0 N–H and O–H groups in total. The molecule has 0 amide bonds. The number of hydrogen-bond donors (Lipinski definition) is 0. The molecule has 9 heteroatoms. The molecule has 0 atom stereocenters. The van der Waals surface area contributed by atoms with Crippen LogP contribution in [0.1, 0.15) is 54.8 Å². The minimum atomic E-state index is -0.204. The van der Waals surface area contributed by atoms with Crippen LogP contribution in [0.25, 0.3) is 10.2 Å². The Hall–Kier alpha value is -2.55. The number of fused-ring (bicyclic) bond motifs is 1. The molecular weight excluding hydrogens is 390 g/mol. The van der Waals surface area contributed by atoms with E-state index in [9.17, 15) is 4.79 Å². The van der Waals surface area contributed by atoms with E-state index in [0.717, 1.165) is 42.0 Å². The van der Waals surface area contributed by atoms with Gasteiger partial charge in [0.1, 0.15) is 17.0 Å². The number of esters is 1. The van der Waals surface area contributed by atoms with Crippen LogP contribution in [0, 0.1) is 19.8 Å². The van der Waals surface area contributed by atoms with Gasteiger partial charge < -0.3 is 14.2 Å². The molecule has 0 saturated carbocycles. The number of carbonyl (C=O) groups is 1. The summed E-state index contributed by atoms with van der Waals surface area (Å²) in [6.45, 7) is 9.75. The lowest BCUT2D eigenvalue weighted by atomic mass is 9.97. The molecule has 0 aliphatic carbocycles. The standard InChI is InChI=1S/C20H25N5O3S/c1-11(2)17-23-15(28-24-17)9-27-20(26)14-5-7-25(8-6-14)18-16-12(3)13(4)29-19(16)22-10-21-18/h10-11,14H,5-9H2,1-4H3. The summed E-state index contributed by atoms with van der Waals surface area (Å²) >= 11 is 1.70. The summed E-state index contributed by atoms with van der Waals surface area (Å²) in [5, 5.41) is 5.02. The molecule has 0 radical (unpaired) electrons. The van der Waals surface area contributed by atoms with Gasteiger partial charge in [-0.15, -0.1) is 11.3 Å². The van der Waals surface area contributed by atoms with Crippen LogP contribution in [0.15, 0.2) is 10.9 Å². The third-order valence-corrected chi connectivity index (χ3v) is 6.53. The summed E-state index contributed by atoms with van der Waals surface area (Å²) in [5.74, 6) is 1.78. The summed E-state index contributed by atoms with van der Waals surface area (Å²) in [5.41, 5.74) is 1.24. The molecule has 1 fully saturated rings. The molecule has 3 aromatic heterocycles. The van der Waals surface area contributed by atoms with Crippen molar-refractivity contribution in [1.29, 1.82) is 0 Å². The number of carbonyl (C=O) groups excluding carboxylic acids is 1. The number of anilines is 1. The van der Waals surface area contributed by atoms with E-state index in [2.05, 4.69) is 38.9 Å². The maximum Gasteiger partial charge on any atom is 0.309 e. The van der Waals surface area contributed by atoms with Crippen molar-refractivity contribution in [3.05, 3.63) is 28.5 Å². The highest BCUT2D eigenvalue weighted by Crippen LogP contribution is 2.35. The fraction of sp³-hybridized carbons (Fsp3) is 0.550. The van der Waals surface area contributed by atoms with Crippen molar-refractivity contribution < 1.29 is 14.1 Å². The fourth-order valence-corrected chi connectivity index (χ4v) is 4.53. The maximum atomic E-state index is 12.5. The maximum absolute atomic E-state index is 12.5. The third-order valence-electron chi connectivity index (χ3n) is 5.41. The number of nitrogens with zero attached hydrogens (tertiary/aromatic N) is 5. The summed E-state index contributed by atoms with van der Waals surface area (Å²) in [6, 6.07) is 0. The first-order valence-corrected chi connectivity index (χ1v) is 10.7. The van der Waals surface area contributed by atoms with Gasteiger partial charge in [-0.05, 0) is 32.3 Å². The number of thiophene rings is 1. The van der Waals surface area contributed by atoms with Gasteiger partial charge in [0.2, 0.25) is 0 Å². The quantitative estimate of drug-likeness (QED) is 0.581. The van der Waals surface area contributed by atoms with E-state index in [4.69, 9.17) is 9.26 Å². The van der Waals surface area contributed by atoms with Crippen LogP contribution in [-0.2, 0) is 16.1 Å². The van der Waals surface area contributed by atoms with E-state index in [-0.39, 0.29) is 24.4 Å². The van der Waals surface area contributed by atoms with Crippen molar-refractivity contribution in [2.45, 2.75) is 53.1 Å². The average Bonchev–Trinajstić information content (AvgIpc) is 3.31. The van der Waals surface area contributed by atoms with Crippen LogP contribution in [0.5, 0.6) is 0 Å². The minimum Gasteiger partial charge on any atom is -0.455 e. The van der Waals surface area contributed by atoms with Crippen LogP contribution in [0.3, 0.4) is 0 Å². The Morgan fingerprint density at radius 3 is 2.76 bits per heavy atom. The Kier molecular flexibility index (Phi) is 5.49. The monoisotopic (exact) mass is 415 g/mol. The predicted octanol–water partition coefficient (Wildman–Crippen LogP) is 3.77. The number of rotatable bonds is 5. The van der Waals surface area contributed by atoms with E-state index in [1.807, 2.05) is 13.8 Å². The zero-order chi connectivity index (χ0) is 20.5. The van der Waals surface area contributed by atoms with E-state index in [1.165, 1.54) is 10.4 Å². The van der Waals surface area contributed by atoms with E-state index in [0.29, 0.717) is 11.7 Å². The molecule has 154 valence electrons. The van der Waals surface area contributed by atoms with Crippen molar-refractivity contribution in [2.24, 2.45) is 5.92 Å². The first-order valence-electron chi connectivity index (χ1n) is 9.88. The van der Waals surface area contributed by atoms with Crippen LogP contribution in [0.2, 0.25) is 0 Å². The van der Waals surface area contributed by atoms with Gasteiger partial charge in [-0.1, -0.05) is 19.0 Å². The number of ether oxygens (including phenoxy) is 1. The summed E-state index contributed by atoms with van der Waals surface area (Å²) in [7, 11) is 0. The molecule has 0 unspecified atom stereocenters. The second-order valence-corrected chi connectivity index (χ2v) is 8.93. The number of aryl methyl sites for hydroxylation is 2. The molecule has 4 heterocycles. The van der Waals surface area contributed by atoms with Crippen LogP contribution >= 0.6 is 11.3 Å². The molecule has 4 rings (SSSR count). The molecular formula is C20H25N5O3S. The highest BCUT2D eigenvalue weighted by atomic mass is 32.1. The van der Waals surface area contributed by atoms with E-state index < -0.39 is 0 Å². The molecule has 0 aromatic carbocycles. The van der Waals surface area contributed by atoms with Crippen molar-refractivity contribution in [3.8, 4) is 0 Å². The highest BCUT2D eigenvalue weighted by Gasteiger charge is 2.28. The lowest BCUT2D eigenvalue weighted by Crippen LogP contribution is -2.37. The zero-order valence-electron chi connectivity index (χ0n) is 17.1. The third kappa shape index (κ3) is 3.96. The van der Waals surface area contributed by atoms with Crippen LogP contribution in [-0.4, -0.2) is 39.2 Å². The van der Waals surface area contributed by atoms with E-state index >= 15 is 0 Å². The van der Waals surface area contributed by atoms with Gasteiger partial charge in [-0.25, -0.2) is 9.97 Å². The topological polar surface area (TPSA) is 94.2 Å². The van der Waals surface area contributed by atoms with Gasteiger partial charge >= 0.3 is 5.97 Å². The van der Waals surface area contributed by atoms with Gasteiger partial charge in [-0.3, -0.25) is 4.79 Å². The molecule has 1 aliphatic rings. The molecule has 29 heavy (non-hydrogen) atoms. The van der Waals surface area contributed by atoms with Gasteiger partial charge in [0.05, 0.1) is 11.3 Å². The lowest BCUT2D eigenvalue weighted by Gasteiger charge is -2.32. The van der Waals surface area contributed by atoms with Crippen molar-refractivity contribution in [3.63, 3.8) is 0 Å². The molecule has 8 nitrogen and oxygen atoms in total. The summed E-state index contributed by atoms with van der Waals surface area (Å²) in [4.78, 5) is 30.2. The highest BCUT2D eigenvalue weighted by molar-refractivity contribution is 7.18. The Morgan fingerprint density at radius 2 is 2.07 bits per heavy atom. The second kappa shape index (κ2) is 8.06. The Balaban J connectivity index is 1.36. The Labute approximate surface area is 173 Å². The van der Waals surface area contributed by atoms with Gasteiger partial charge in [0.25, 0.3) is 5.89 Å². The Morgan fingerprint density at radius 1 is 1.31 bits per heavy atom. The first kappa shape index (κ1) is 19.8. The van der Waals surface area contributed by atoms with E-state index in [1.54, 1.807) is 17.7 Å². The van der Waals surface area contributed by atoms with Crippen molar-refractivity contribution in [2.75, 3.05) is 18.0 Å². The van der Waals surface area contributed by atoms with Gasteiger partial charge in [0, 0.05) is 23.9 Å². The SMILES string of the molecule is Cc1sc2ncnc(N3CCC(C(=O)OCc4nc(C(C)C)no4)CC3)c2c1C. The molecule has 1 aliphatic heterocycles. The van der Waals surface area contributed by atoms with Crippen molar-refractivity contribution >= 4 is 33.3 Å². The lowest BCUT2D eigenvalue weighted by molar-refractivity contribution is -0.151. The second-order valence-electron chi connectivity index (χ2n) is 7.73. The summed E-state index contributed by atoms with van der Waals surface area (Å²) < 4.78 is 10.5. The van der Waals surface area contributed by atoms with Crippen LogP contribution < -0.4 is 4.90 Å². The molecule has 3 aromatic rings. The van der Waals surface area contributed by atoms with Crippen molar-refractivity contribution in [1.82, 2.24) is 20.1 Å².